The lowest BCUT2D eigenvalue weighted by molar-refractivity contribution is 0.457. The van der Waals surface area contributed by atoms with Gasteiger partial charge >= 0.3 is 0 Å². The maximum atomic E-state index is 10.2. The second-order valence-corrected chi connectivity index (χ2v) is 3.08. The minimum Gasteiger partial charge on any atom is -0.508 e. The molecule has 14 heavy (non-hydrogen) atoms. The fourth-order valence-electron chi connectivity index (χ4n) is 1.40. The summed E-state index contributed by atoms with van der Waals surface area (Å²) in [5.41, 5.74) is 0.692. The number of phenolic OH excluding ortho intramolecular Hbond substituents is 1. The van der Waals surface area contributed by atoms with Crippen LogP contribution in [0.5, 0.6) is 5.75 Å². The van der Waals surface area contributed by atoms with Crippen LogP contribution < -0.4 is 0 Å². The Morgan fingerprint density at radius 2 is 2.21 bits per heavy atom. The summed E-state index contributed by atoms with van der Waals surface area (Å²) in [5, 5.41) is 9.54. The Morgan fingerprint density at radius 1 is 1.50 bits per heavy atom. The van der Waals surface area contributed by atoms with Crippen molar-refractivity contribution in [2.45, 2.75) is 25.8 Å². The number of hydrogen-bond acceptors (Lipinski definition) is 3. The van der Waals surface area contributed by atoms with Crippen molar-refractivity contribution in [3.05, 3.63) is 29.8 Å². The number of benzene rings is 1. The summed E-state index contributed by atoms with van der Waals surface area (Å²) in [6.07, 6.45) is 3.19. The number of carbonyl (C=O) groups excluding carboxylic acids is 1. The van der Waals surface area contributed by atoms with Crippen LogP contribution in [0.3, 0.4) is 0 Å². The molecule has 0 saturated heterocycles. The van der Waals surface area contributed by atoms with E-state index in [1.165, 1.54) is 0 Å². The molecule has 0 bridgehead atoms. The number of phenols is 1. The summed E-state index contributed by atoms with van der Waals surface area (Å²) >= 11 is 0. The van der Waals surface area contributed by atoms with Crippen LogP contribution in [-0.2, 0) is 4.79 Å². The Kier molecular flexibility index (Phi) is 3.89. The van der Waals surface area contributed by atoms with Gasteiger partial charge in [0.1, 0.15) is 5.75 Å². The molecular formula is C11H13NO2. The van der Waals surface area contributed by atoms with Gasteiger partial charge in [-0.3, -0.25) is 0 Å². The van der Waals surface area contributed by atoms with Crippen LogP contribution in [0.1, 0.15) is 31.4 Å². The first-order valence-corrected chi connectivity index (χ1v) is 4.64. The lowest BCUT2D eigenvalue weighted by Gasteiger charge is -2.10. The Labute approximate surface area is 83.1 Å². The van der Waals surface area contributed by atoms with E-state index in [1.807, 2.05) is 13.0 Å². The van der Waals surface area contributed by atoms with Crippen LogP contribution in [-0.4, -0.2) is 11.2 Å². The van der Waals surface area contributed by atoms with Gasteiger partial charge in [0.15, 0.2) is 0 Å². The second-order valence-electron chi connectivity index (χ2n) is 3.08. The molecule has 0 spiro atoms. The molecule has 1 rings (SSSR count). The molecule has 3 nitrogen and oxygen atoms in total. The number of isocyanates is 1. The molecule has 0 aromatic heterocycles. The highest BCUT2D eigenvalue weighted by molar-refractivity contribution is 5.39. The first-order valence-electron chi connectivity index (χ1n) is 4.64. The molecule has 0 saturated carbocycles. The van der Waals surface area contributed by atoms with Gasteiger partial charge in [-0.1, -0.05) is 31.5 Å². The fraction of sp³-hybridized carbons (Fsp3) is 0.364. The van der Waals surface area contributed by atoms with E-state index in [4.69, 9.17) is 0 Å². The Balaban J connectivity index is 2.98. The van der Waals surface area contributed by atoms with Crippen LogP contribution in [0, 0.1) is 0 Å². The minimum absolute atomic E-state index is 0.185. The average Bonchev–Trinajstić information content (AvgIpc) is 2.18. The number of rotatable bonds is 4. The summed E-state index contributed by atoms with van der Waals surface area (Å²) in [6.45, 7) is 2.01. The van der Waals surface area contributed by atoms with E-state index in [-0.39, 0.29) is 11.8 Å². The first kappa shape index (κ1) is 10.5. The van der Waals surface area contributed by atoms with Crippen molar-refractivity contribution in [2.24, 2.45) is 4.99 Å². The molecule has 1 aromatic rings. The number of aromatic hydroxyl groups is 1. The molecule has 0 aliphatic rings. The van der Waals surface area contributed by atoms with E-state index in [2.05, 4.69) is 4.99 Å². The lowest BCUT2D eigenvalue weighted by atomic mass is 10.0. The molecule has 0 amide bonds. The van der Waals surface area contributed by atoms with Crippen LogP contribution in [0.4, 0.5) is 0 Å². The van der Waals surface area contributed by atoms with Gasteiger partial charge < -0.3 is 5.11 Å². The zero-order valence-corrected chi connectivity index (χ0v) is 8.10. The molecule has 1 unspecified atom stereocenters. The van der Waals surface area contributed by atoms with Gasteiger partial charge in [0.05, 0.1) is 6.04 Å². The fourth-order valence-corrected chi connectivity index (χ4v) is 1.40. The molecule has 0 fully saturated rings. The van der Waals surface area contributed by atoms with E-state index < -0.39 is 0 Å². The van der Waals surface area contributed by atoms with Crippen molar-refractivity contribution in [1.29, 1.82) is 0 Å². The molecule has 3 heteroatoms. The maximum absolute atomic E-state index is 10.2. The van der Waals surface area contributed by atoms with Crippen LogP contribution in [0.2, 0.25) is 0 Å². The van der Waals surface area contributed by atoms with Crippen molar-refractivity contribution in [1.82, 2.24) is 0 Å². The Bertz CT molecular complexity index is 343. The van der Waals surface area contributed by atoms with Crippen LogP contribution >= 0.6 is 0 Å². The second kappa shape index (κ2) is 5.20. The number of aliphatic imine (C=N–C) groups is 1. The Hall–Kier alpha value is -1.60. The zero-order valence-electron chi connectivity index (χ0n) is 8.10. The predicted molar refractivity (Wildman–Crippen MR) is 53.9 cm³/mol. The van der Waals surface area contributed by atoms with Crippen LogP contribution in [0.25, 0.3) is 0 Å². The number of hydrogen-bond donors (Lipinski definition) is 1. The molecule has 0 aliphatic carbocycles. The number of nitrogens with zero attached hydrogens (tertiary/aromatic N) is 1. The predicted octanol–water partition coefficient (Wildman–Crippen LogP) is 2.57. The largest absolute Gasteiger partial charge is 0.508 e. The zero-order chi connectivity index (χ0) is 10.4. The van der Waals surface area contributed by atoms with Crippen LogP contribution in [0.15, 0.2) is 29.3 Å². The van der Waals surface area contributed by atoms with E-state index >= 15 is 0 Å². The third-order valence-corrected chi connectivity index (χ3v) is 2.07. The van der Waals surface area contributed by atoms with E-state index in [0.29, 0.717) is 5.56 Å². The van der Waals surface area contributed by atoms with Crippen molar-refractivity contribution in [2.75, 3.05) is 0 Å². The maximum Gasteiger partial charge on any atom is 0.235 e. The minimum atomic E-state index is -0.265. The van der Waals surface area contributed by atoms with Gasteiger partial charge in [-0.25, -0.2) is 4.79 Å². The lowest BCUT2D eigenvalue weighted by Crippen LogP contribution is -1.95. The molecule has 0 radical (unpaired) electrons. The normalized spacial score (nSPS) is 11.8. The third-order valence-electron chi connectivity index (χ3n) is 2.07. The monoisotopic (exact) mass is 191 g/mol. The van der Waals surface area contributed by atoms with E-state index in [0.717, 1.165) is 12.8 Å². The molecule has 74 valence electrons. The van der Waals surface area contributed by atoms with Gasteiger partial charge in [0.25, 0.3) is 0 Å². The first-order chi connectivity index (χ1) is 6.79. The molecule has 1 aromatic carbocycles. The SMILES string of the molecule is CCCC(N=C=O)c1ccccc1O. The van der Waals surface area contributed by atoms with Gasteiger partial charge in [0.2, 0.25) is 6.08 Å². The van der Waals surface area contributed by atoms with Gasteiger partial charge in [-0.15, -0.1) is 0 Å². The summed E-state index contributed by atoms with van der Waals surface area (Å²) in [6, 6.07) is 6.66. The topological polar surface area (TPSA) is 49.7 Å². The summed E-state index contributed by atoms with van der Waals surface area (Å²) in [5.74, 6) is 0.185. The van der Waals surface area contributed by atoms with Crippen molar-refractivity contribution in [3.63, 3.8) is 0 Å². The highest BCUT2D eigenvalue weighted by Crippen LogP contribution is 2.29. The molecule has 0 heterocycles. The molecule has 1 atom stereocenters. The highest BCUT2D eigenvalue weighted by atomic mass is 16.3. The summed E-state index contributed by atoms with van der Waals surface area (Å²) in [4.78, 5) is 13.9. The highest BCUT2D eigenvalue weighted by Gasteiger charge is 2.12. The molecule has 1 N–H and O–H groups in total. The third kappa shape index (κ3) is 2.44. The number of para-hydroxylation sites is 1. The van der Waals surface area contributed by atoms with Gasteiger partial charge in [0, 0.05) is 5.56 Å². The quantitative estimate of drug-likeness (QED) is 0.587. The van der Waals surface area contributed by atoms with Crippen molar-refractivity contribution in [3.8, 4) is 5.75 Å². The summed E-state index contributed by atoms with van der Waals surface area (Å²) < 4.78 is 0. The Morgan fingerprint density at radius 3 is 2.79 bits per heavy atom. The van der Waals surface area contributed by atoms with E-state index in [1.54, 1.807) is 24.3 Å². The molecular weight excluding hydrogens is 178 g/mol. The average molecular weight is 191 g/mol. The smallest absolute Gasteiger partial charge is 0.235 e. The standard InChI is InChI=1S/C11H13NO2/c1-2-5-10(12-8-13)9-6-3-4-7-11(9)14/h3-4,6-7,10,14H,2,5H2,1H3. The van der Waals surface area contributed by atoms with E-state index in [9.17, 15) is 9.90 Å². The van der Waals surface area contributed by atoms with Crippen molar-refractivity contribution >= 4 is 6.08 Å². The van der Waals surface area contributed by atoms with Gasteiger partial charge in [-0.05, 0) is 12.5 Å². The van der Waals surface area contributed by atoms with Gasteiger partial charge in [-0.2, -0.15) is 4.99 Å². The summed E-state index contributed by atoms with van der Waals surface area (Å²) in [7, 11) is 0. The molecule has 0 aliphatic heterocycles. The van der Waals surface area contributed by atoms with Crippen molar-refractivity contribution < 1.29 is 9.90 Å².